The van der Waals surface area contributed by atoms with Gasteiger partial charge in [0, 0.05) is 7.11 Å². The summed E-state index contributed by atoms with van der Waals surface area (Å²) in [4.78, 5) is 4.15. The number of hydrogen-bond donors (Lipinski definition) is 0. The van der Waals surface area contributed by atoms with Gasteiger partial charge in [0.2, 0.25) is 0 Å². The first kappa shape index (κ1) is 12.1. The van der Waals surface area contributed by atoms with Crippen molar-refractivity contribution in [2.24, 2.45) is 0 Å². The molecule has 0 aromatic carbocycles. The molecule has 0 unspecified atom stereocenters. The van der Waals surface area contributed by atoms with E-state index in [1.54, 1.807) is 25.3 Å². The summed E-state index contributed by atoms with van der Waals surface area (Å²) < 4.78 is 31.0. The zero-order valence-electron chi connectivity index (χ0n) is 8.63. The maximum Gasteiger partial charge on any atom is 0.264 e. The molecule has 0 atom stereocenters. The largest absolute Gasteiger partial charge is 0.378 e. The van der Waals surface area contributed by atoms with E-state index < -0.39 is 10.1 Å². The normalized spacial score (nSPS) is 11.6. The lowest BCUT2D eigenvalue weighted by Gasteiger charge is -2.03. The number of hydrogen-bond acceptors (Lipinski definition) is 5. The molecule has 0 radical (unpaired) electrons. The fourth-order valence-electron chi connectivity index (χ4n) is 1.01. The summed E-state index contributed by atoms with van der Waals surface area (Å²) in [6.07, 6.45) is 1.01. The van der Waals surface area contributed by atoms with Crippen molar-refractivity contribution in [3.63, 3.8) is 0 Å². The van der Waals surface area contributed by atoms with Gasteiger partial charge < -0.3 is 4.74 Å². The summed E-state index contributed by atoms with van der Waals surface area (Å²) in [6.45, 7) is 0.350. The summed E-state index contributed by atoms with van der Waals surface area (Å²) >= 11 is 0. The van der Waals surface area contributed by atoms with Crippen LogP contribution in [-0.2, 0) is 32.3 Å². The van der Waals surface area contributed by atoms with Gasteiger partial charge in [-0.05, 0) is 12.1 Å². The molecule has 1 rings (SSSR count). The third-order valence-corrected chi connectivity index (χ3v) is 2.12. The van der Waals surface area contributed by atoms with Crippen LogP contribution in [0.5, 0.6) is 0 Å². The first-order chi connectivity index (χ1) is 7.01. The van der Waals surface area contributed by atoms with Gasteiger partial charge in [-0.2, -0.15) is 8.42 Å². The van der Waals surface area contributed by atoms with Crippen LogP contribution in [0.15, 0.2) is 18.2 Å². The zero-order chi connectivity index (χ0) is 11.3. The van der Waals surface area contributed by atoms with Crippen LogP contribution >= 0.6 is 0 Å². The lowest BCUT2D eigenvalue weighted by Crippen LogP contribution is -2.05. The Morgan fingerprint density at radius 1 is 1.27 bits per heavy atom. The van der Waals surface area contributed by atoms with Gasteiger partial charge in [0.1, 0.15) is 6.61 Å². The molecule has 0 saturated carbocycles. The Balaban J connectivity index is 2.65. The van der Waals surface area contributed by atoms with Gasteiger partial charge in [-0.1, -0.05) is 6.07 Å². The molecule has 1 heterocycles. The standard InChI is InChI=1S/C9H13NO4S/c1-13-6-8-4-3-5-9(10-8)7-14-15(2,11)12/h3-5H,6-7H2,1-2H3. The fraction of sp³-hybridized carbons (Fsp3) is 0.444. The predicted molar refractivity (Wildman–Crippen MR) is 54.6 cm³/mol. The molecule has 0 aliphatic heterocycles. The molecule has 0 saturated heterocycles. The van der Waals surface area contributed by atoms with Crippen LogP contribution in [0.1, 0.15) is 11.4 Å². The van der Waals surface area contributed by atoms with Gasteiger partial charge in [-0.25, -0.2) is 0 Å². The third-order valence-electron chi connectivity index (χ3n) is 1.58. The van der Waals surface area contributed by atoms with E-state index in [4.69, 9.17) is 4.74 Å². The topological polar surface area (TPSA) is 65.5 Å². The molecule has 0 fully saturated rings. The molecule has 0 aliphatic carbocycles. The molecular formula is C9H13NO4S. The maximum atomic E-state index is 10.7. The van der Waals surface area contributed by atoms with Gasteiger partial charge in [0.05, 0.1) is 24.3 Å². The van der Waals surface area contributed by atoms with Crippen molar-refractivity contribution in [1.82, 2.24) is 4.98 Å². The van der Waals surface area contributed by atoms with Gasteiger partial charge in [0.15, 0.2) is 0 Å². The highest BCUT2D eigenvalue weighted by Crippen LogP contribution is 2.03. The highest BCUT2D eigenvalue weighted by Gasteiger charge is 2.04. The van der Waals surface area contributed by atoms with Crippen molar-refractivity contribution >= 4 is 10.1 Å². The van der Waals surface area contributed by atoms with E-state index in [0.29, 0.717) is 12.3 Å². The van der Waals surface area contributed by atoms with Crippen LogP contribution < -0.4 is 0 Å². The molecule has 6 heteroatoms. The average Bonchev–Trinajstić information content (AvgIpc) is 2.15. The smallest absolute Gasteiger partial charge is 0.264 e. The van der Waals surface area contributed by atoms with Crippen LogP contribution in [-0.4, -0.2) is 26.8 Å². The SMILES string of the molecule is COCc1cccc(COS(C)(=O)=O)n1. The number of rotatable bonds is 5. The Labute approximate surface area is 89.2 Å². The van der Waals surface area contributed by atoms with Crippen molar-refractivity contribution in [2.75, 3.05) is 13.4 Å². The van der Waals surface area contributed by atoms with Crippen LogP contribution in [0, 0.1) is 0 Å². The Kier molecular flexibility index (Phi) is 4.19. The minimum absolute atomic E-state index is 0.0453. The monoisotopic (exact) mass is 231 g/mol. The number of ether oxygens (including phenoxy) is 1. The van der Waals surface area contributed by atoms with E-state index in [1.807, 2.05) is 0 Å². The first-order valence-corrected chi connectivity index (χ1v) is 6.11. The number of methoxy groups -OCH3 is 1. The number of aromatic nitrogens is 1. The Morgan fingerprint density at radius 3 is 2.40 bits per heavy atom. The van der Waals surface area contributed by atoms with Crippen LogP contribution in [0.2, 0.25) is 0 Å². The van der Waals surface area contributed by atoms with E-state index in [1.165, 1.54) is 0 Å². The van der Waals surface area contributed by atoms with E-state index >= 15 is 0 Å². The van der Waals surface area contributed by atoms with Crippen molar-refractivity contribution in [2.45, 2.75) is 13.2 Å². The molecule has 0 N–H and O–H groups in total. The Hall–Kier alpha value is -0.980. The van der Waals surface area contributed by atoms with Crippen molar-refractivity contribution in [3.05, 3.63) is 29.6 Å². The minimum atomic E-state index is -3.42. The highest BCUT2D eigenvalue weighted by molar-refractivity contribution is 7.85. The summed E-state index contributed by atoms with van der Waals surface area (Å²) in [5.41, 5.74) is 1.31. The molecule has 0 bridgehead atoms. The number of nitrogens with zero attached hydrogens (tertiary/aromatic N) is 1. The molecule has 1 aromatic rings. The quantitative estimate of drug-likeness (QED) is 0.698. The second-order valence-corrected chi connectivity index (χ2v) is 4.66. The summed E-state index contributed by atoms with van der Waals surface area (Å²) in [6, 6.07) is 5.28. The second kappa shape index (κ2) is 5.20. The van der Waals surface area contributed by atoms with Gasteiger partial charge in [0.25, 0.3) is 10.1 Å². The maximum absolute atomic E-state index is 10.7. The lowest BCUT2D eigenvalue weighted by molar-refractivity contribution is 0.181. The lowest BCUT2D eigenvalue weighted by atomic mass is 10.3. The minimum Gasteiger partial charge on any atom is -0.378 e. The highest BCUT2D eigenvalue weighted by atomic mass is 32.2. The first-order valence-electron chi connectivity index (χ1n) is 4.29. The summed E-state index contributed by atoms with van der Waals surface area (Å²) in [7, 11) is -1.85. The summed E-state index contributed by atoms with van der Waals surface area (Å²) in [5, 5.41) is 0. The van der Waals surface area contributed by atoms with E-state index in [0.717, 1.165) is 11.9 Å². The summed E-state index contributed by atoms with van der Waals surface area (Å²) in [5.74, 6) is 0. The Morgan fingerprint density at radius 2 is 1.87 bits per heavy atom. The molecule has 5 nitrogen and oxygen atoms in total. The van der Waals surface area contributed by atoms with E-state index in [-0.39, 0.29) is 6.61 Å². The van der Waals surface area contributed by atoms with Gasteiger partial charge in [-0.3, -0.25) is 9.17 Å². The van der Waals surface area contributed by atoms with E-state index in [2.05, 4.69) is 9.17 Å². The van der Waals surface area contributed by atoms with Crippen molar-refractivity contribution < 1.29 is 17.3 Å². The molecule has 0 aliphatic rings. The predicted octanol–water partition coefficient (Wildman–Crippen LogP) is 0.704. The Bertz CT molecular complexity index is 416. The van der Waals surface area contributed by atoms with E-state index in [9.17, 15) is 8.42 Å². The van der Waals surface area contributed by atoms with Gasteiger partial charge in [-0.15, -0.1) is 0 Å². The van der Waals surface area contributed by atoms with Crippen LogP contribution in [0.4, 0.5) is 0 Å². The molecule has 15 heavy (non-hydrogen) atoms. The molecule has 0 spiro atoms. The fourth-order valence-corrected chi connectivity index (χ4v) is 1.34. The number of pyridine rings is 1. The average molecular weight is 231 g/mol. The zero-order valence-corrected chi connectivity index (χ0v) is 9.45. The van der Waals surface area contributed by atoms with Crippen LogP contribution in [0.3, 0.4) is 0 Å². The second-order valence-electron chi connectivity index (χ2n) is 3.02. The molecule has 1 aromatic heterocycles. The molecule has 0 amide bonds. The third kappa shape index (κ3) is 4.87. The molecular weight excluding hydrogens is 218 g/mol. The van der Waals surface area contributed by atoms with Gasteiger partial charge >= 0.3 is 0 Å². The molecule has 84 valence electrons. The van der Waals surface area contributed by atoms with Crippen molar-refractivity contribution in [1.29, 1.82) is 0 Å². The van der Waals surface area contributed by atoms with Crippen LogP contribution in [0.25, 0.3) is 0 Å². The van der Waals surface area contributed by atoms with Crippen molar-refractivity contribution in [3.8, 4) is 0 Å².